The summed E-state index contributed by atoms with van der Waals surface area (Å²) in [5.41, 5.74) is 2.25. The van der Waals surface area contributed by atoms with Gasteiger partial charge in [0.05, 0.1) is 13.2 Å². The summed E-state index contributed by atoms with van der Waals surface area (Å²) >= 11 is 0. The fraction of sp³-hybridized carbons (Fsp3) is 0.652. The van der Waals surface area contributed by atoms with Crippen LogP contribution in [0.15, 0.2) is 29.3 Å². The number of rotatable bonds is 4. The molecule has 1 amide bonds. The number of benzene rings is 1. The van der Waals surface area contributed by atoms with Gasteiger partial charge in [0, 0.05) is 50.3 Å². The van der Waals surface area contributed by atoms with Gasteiger partial charge >= 0.3 is 0 Å². The standard InChI is InChI=1S/C23H34N4O2.HI/c1-2-24-22(27-14-10-23(17-27)11-15-29-18-23)25-16-19-6-8-20(9-7-19)21(28)26-12-4-3-5-13-26;/h6-9H,2-5,10-18H2,1H3,(H,24,25);1H. The molecule has 1 unspecified atom stereocenters. The van der Waals surface area contributed by atoms with Crippen LogP contribution in [0.2, 0.25) is 0 Å². The third-order valence-electron chi connectivity index (χ3n) is 6.51. The highest BCUT2D eigenvalue weighted by Gasteiger charge is 2.42. The molecule has 7 heteroatoms. The van der Waals surface area contributed by atoms with Gasteiger partial charge < -0.3 is 19.9 Å². The fourth-order valence-electron chi connectivity index (χ4n) is 4.71. The second kappa shape index (κ2) is 10.8. The number of hydrogen-bond acceptors (Lipinski definition) is 3. The Morgan fingerprint density at radius 3 is 2.53 bits per heavy atom. The number of likely N-dealkylation sites (tertiary alicyclic amines) is 2. The summed E-state index contributed by atoms with van der Waals surface area (Å²) in [7, 11) is 0. The van der Waals surface area contributed by atoms with Crippen molar-refractivity contribution in [2.45, 2.75) is 45.6 Å². The summed E-state index contributed by atoms with van der Waals surface area (Å²) in [6.07, 6.45) is 5.82. The zero-order chi connectivity index (χ0) is 20.1. The number of nitrogens with zero attached hydrogens (tertiary/aromatic N) is 3. The molecule has 166 valence electrons. The Morgan fingerprint density at radius 1 is 1.10 bits per heavy atom. The summed E-state index contributed by atoms with van der Waals surface area (Å²) in [4.78, 5) is 21.9. The van der Waals surface area contributed by atoms with Gasteiger partial charge in [0.1, 0.15) is 0 Å². The molecule has 0 bridgehead atoms. The van der Waals surface area contributed by atoms with Gasteiger partial charge in [-0.2, -0.15) is 0 Å². The maximum atomic E-state index is 12.6. The van der Waals surface area contributed by atoms with Crippen LogP contribution in [0.3, 0.4) is 0 Å². The van der Waals surface area contributed by atoms with E-state index in [4.69, 9.17) is 9.73 Å². The molecule has 0 aliphatic carbocycles. The number of carbonyl (C=O) groups is 1. The van der Waals surface area contributed by atoms with Crippen LogP contribution in [0.4, 0.5) is 0 Å². The Morgan fingerprint density at radius 2 is 1.87 bits per heavy atom. The van der Waals surface area contributed by atoms with Gasteiger partial charge in [-0.05, 0) is 56.7 Å². The molecule has 0 radical (unpaired) electrons. The van der Waals surface area contributed by atoms with Gasteiger partial charge in [0.25, 0.3) is 5.91 Å². The molecule has 3 heterocycles. The maximum Gasteiger partial charge on any atom is 0.253 e. The highest BCUT2D eigenvalue weighted by Crippen LogP contribution is 2.38. The Kier molecular flexibility index (Phi) is 8.39. The van der Waals surface area contributed by atoms with E-state index in [0.29, 0.717) is 12.0 Å². The molecule has 1 spiro atoms. The molecule has 3 aliphatic rings. The fourth-order valence-corrected chi connectivity index (χ4v) is 4.71. The van der Waals surface area contributed by atoms with Crippen molar-refractivity contribution in [2.75, 3.05) is 45.9 Å². The minimum Gasteiger partial charge on any atom is -0.381 e. The largest absolute Gasteiger partial charge is 0.381 e. The first-order chi connectivity index (χ1) is 14.2. The molecule has 3 aliphatic heterocycles. The Balaban J connectivity index is 0.00000256. The monoisotopic (exact) mass is 526 g/mol. The summed E-state index contributed by atoms with van der Waals surface area (Å²) in [6.45, 7) is 9.22. The van der Waals surface area contributed by atoms with E-state index in [1.54, 1.807) is 0 Å². The lowest BCUT2D eigenvalue weighted by molar-refractivity contribution is 0.0724. The predicted octanol–water partition coefficient (Wildman–Crippen LogP) is 3.51. The van der Waals surface area contributed by atoms with E-state index in [9.17, 15) is 4.79 Å². The Bertz CT molecular complexity index is 725. The molecule has 3 saturated heterocycles. The van der Waals surface area contributed by atoms with Crippen molar-refractivity contribution in [3.05, 3.63) is 35.4 Å². The molecule has 1 aromatic carbocycles. The number of halogens is 1. The van der Waals surface area contributed by atoms with Gasteiger partial charge in [-0.15, -0.1) is 24.0 Å². The van der Waals surface area contributed by atoms with Gasteiger partial charge in [0.2, 0.25) is 0 Å². The van der Waals surface area contributed by atoms with E-state index < -0.39 is 0 Å². The summed E-state index contributed by atoms with van der Waals surface area (Å²) in [5.74, 6) is 1.15. The average molecular weight is 526 g/mol. The number of aliphatic imine (C=N–C) groups is 1. The lowest BCUT2D eigenvalue weighted by Gasteiger charge is -2.26. The number of ether oxygens (including phenoxy) is 1. The second-order valence-corrected chi connectivity index (χ2v) is 8.69. The summed E-state index contributed by atoms with van der Waals surface area (Å²) < 4.78 is 5.66. The second-order valence-electron chi connectivity index (χ2n) is 8.69. The first kappa shape index (κ1) is 23.3. The van der Waals surface area contributed by atoms with Crippen molar-refractivity contribution in [1.82, 2.24) is 15.1 Å². The van der Waals surface area contributed by atoms with Gasteiger partial charge in [0.15, 0.2) is 5.96 Å². The van der Waals surface area contributed by atoms with Crippen molar-refractivity contribution < 1.29 is 9.53 Å². The molecular weight excluding hydrogens is 491 g/mol. The van der Waals surface area contributed by atoms with Crippen molar-refractivity contribution in [3.8, 4) is 0 Å². The van der Waals surface area contributed by atoms with Crippen molar-refractivity contribution >= 4 is 35.8 Å². The maximum absolute atomic E-state index is 12.6. The molecule has 3 fully saturated rings. The summed E-state index contributed by atoms with van der Waals surface area (Å²) in [5, 5.41) is 3.45. The minimum atomic E-state index is 0. The van der Waals surface area contributed by atoms with Crippen molar-refractivity contribution in [2.24, 2.45) is 10.4 Å². The van der Waals surface area contributed by atoms with Crippen molar-refractivity contribution in [1.29, 1.82) is 0 Å². The Labute approximate surface area is 197 Å². The van der Waals surface area contributed by atoms with Crippen LogP contribution < -0.4 is 5.32 Å². The van der Waals surface area contributed by atoms with Crippen LogP contribution in [-0.2, 0) is 11.3 Å². The smallest absolute Gasteiger partial charge is 0.253 e. The van der Waals surface area contributed by atoms with E-state index in [1.165, 1.54) is 12.8 Å². The van der Waals surface area contributed by atoms with E-state index in [2.05, 4.69) is 17.1 Å². The molecule has 4 rings (SSSR count). The quantitative estimate of drug-likeness (QED) is 0.371. The molecule has 1 atom stereocenters. The SMILES string of the molecule is CCNC(=NCc1ccc(C(=O)N2CCCCC2)cc1)N1CCC2(CCOC2)C1.I. The number of guanidine groups is 1. The van der Waals surface area contributed by atoms with Gasteiger partial charge in [-0.25, -0.2) is 4.99 Å². The van der Waals surface area contributed by atoms with Crippen LogP contribution in [0.25, 0.3) is 0 Å². The van der Waals surface area contributed by atoms with E-state index in [1.807, 2.05) is 29.2 Å². The minimum absolute atomic E-state index is 0. The topological polar surface area (TPSA) is 57.2 Å². The summed E-state index contributed by atoms with van der Waals surface area (Å²) in [6, 6.07) is 7.99. The first-order valence-corrected chi connectivity index (χ1v) is 11.2. The lowest BCUT2D eigenvalue weighted by Crippen LogP contribution is -2.41. The number of carbonyl (C=O) groups excluding carboxylic acids is 1. The number of hydrogen-bond donors (Lipinski definition) is 1. The van der Waals surface area contributed by atoms with Gasteiger partial charge in [-0.1, -0.05) is 12.1 Å². The van der Waals surface area contributed by atoms with Gasteiger partial charge in [-0.3, -0.25) is 4.79 Å². The number of amides is 1. The molecule has 1 aromatic rings. The van der Waals surface area contributed by atoms with Crippen LogP contribution in [-0.4, -0.2) is 67.6 Å². The third kappa shape index (κ3) is 5.46. The van der Waals surface area contributed by atoms with E-state index >= 15 is 0 Å². The lowest BCUT2D eigenvalue weighted by atomic mass is 9.87. The molecule has 6 nitrogen and oxygen atoms in total. The highest BCUT2D eigenvalue weighted by molar-refractivity contribution is 14.0. The van der Waals surface area contributed by atoms with Crippen LogP contribution in [0.1, 0.15) is 54.9 Å². The molecule has 0 aromatic heterocycles. The number of piperidine rings is 1. The van der Waals surface area contributed by atoms with E-state index in [-0.39, 0.29) is 29.9 Å². The van der Waals surface area contributed by atoms with E-state index in [0.717, 1.165) is 82.3 Å². The van der Waals surface area contributed by atoms with Crippen LogP contribution in [0.5, 0.6) is 0 Å². The predicted molar refractivity (Wildman–Crippen MR) is 130 cm³/mol. The van der Waals surface area contributed by atoms with Crippen molar-refractivity contribution in [3.63, 3.8) is 0 Å². The highest BCUT2D eigenvalue weighted by atomic mass is 127. The normalized spacial score (nSPS) is 24.2. The Hall–Kier alpha value is -1.35. The van der Waals surface area contributed by atoms with Crippen LogP contribution >= 0.6 is 24.0 Å². The average Bonchev–Trinajstić information content (AvgIpc) is 3.41. The molecule has 1 N–H and O–H groups in total. The molecular formula is C23H35IN4O2. The molecule has 0 saturated carbocycles. The zero-order valence-electron chi connectivity index (χ0n) is 18.1. The molecule has 30 heavy (non-hydrogen) atoms. The van der Waals surface area contributed by atoms with Crippen LogP contribution in [0, 0.1) is 5.41 Å². The first-order valence-electron chi connectivity index (χ1n) is 11.2. The number of nitrogens with one attached hydrogen (secondary N) is 1. The zero-order valence-corrected chi connectivity index (χ0v) is 20.4. The third-order valence-corrected chi connectivity index (χ3v) is 6.51.